The van der Waals surface area contributed by atoms with Gasteiger partial charge in [0.25, 0.3) is 0 Å². The van der Waals surface area contributed by atoms with Gasteiger partial charge in [-0.05, 0) is 12.8 Å². The van der Waals surface area contributed by atoms with Gasteiger partial charge in [0.15, 0.2) is 5.75 Å². The average Bonchev–Trinajstić information content (AvgIpc) is 2.30. The highest BCUT2D eigenvalue weighted by molar-refractivity contribution is 5.77. The molecule has 0 aliphatic carbocycles. The number of hydrogen-bond donors (Lipinski definition) is 2. The molecule has 0 bridgehead atoms. The van der Waals surface area contributed by atoms with E-state index in [2.05, 4.69) is 5.32 Å². The van der Waals surface area contributed by atoms with Gasteiger partial charge in [0, 0.05) is 38.0 Å². The Hall–Kier alpha value is -1.78. The van der Waals surface area contributed by atoms with Crippen molar-refractivity contribution in [2.45, 2.75) is 19.8 Å². The molecule has 17 heavy (non-hydrogen) atoms. The minimum absolute atomic E-state index is 0.00576. The van der Waals surface area contributed by atoms with Crippen LogP contribution in [0, 0.1) is 5.92 Å². The first kappa shape index (κ1) is 13.3. The zero-order valence-electron chi connectivity index (χ0n) is 10.4. The summed E-state index contributed by atoms with van der Waals surface area (Å²) in [6.45, 7) is 1.84. The second-order valence-corrected chi connectivity index (χ2v) is 4.18. The van der Waals surface area contributed by atoms with Gasteiger partial charge < -0.3 is 15.0 Å². The van der Waals surface area contributed by atoms with Crippen molar-refractivity contribution in [1.29, 1.82) is 0 Å². The number of nitrogens with one attached hydrogen (secondary N) is 1. The van der Waals surface area contributed by atoms with Crippen LogP contribution >= 0.6 is 0 Å². The molecule has 0 saturated carbocycles. The number of carbonyl (C=O) groups excluding carboxylic acids is 1. The molecule has 2 N–H and O–H groups in total. The smallest absolute Gasteiger partial charge is 0.223 e. The maximum Gasteiger partial charge on any atom is 0.223 e. The Kier molecular flexibility index (Phi) is 4.31. The maximum atomic E-state index is 11.3. The molecule has 1 atom stereocenters. The fraction of sp³-hybridized carbons (Fsp3) is 0.500. The van der Waals surface area contributed by atoms with Crippen molar-refractivity contribution in [3.8, 4) is 5.75 Å². The van der Waals surface area contributed by atoms with Crippen LogP contribution in [-0.2, 0) is 18.3 Å². The number of carbonyl (C=O) groups is 1. The quantitative estimate of drug-likeness (QED) is 0.798. The third kappa shape index (κ3) is 3.34. The van der Waals surface area contributed by atoms with E-state index in [9.17, 15) is 14.7 Å². The molecule has 1 rings (SSSR count). The number of aromatic hydroxyl groups is 1. The van der Waals surface area contributed by atoms with Crippen molar-refractivity contribution < 1.29 is 9.90 Å². The normalized spacial score (nSPS) is 12.2. The lowest BCUT2D eigenvalue weighted by Crippen LogP contribution is -2.26. The zero-order chi connectivity index (χ0) is 13.0. The molecule has 0 aliphatic heterocycles. The number of hydrogen-bond acceptors (Lipinski definition) is 3. The van der Waals surface area contributed by atoms with Gasteiger partial charge in [-0.3, -0.25) is 9.59 Å². The van der Waals surface area contributed by atoms with E-state index in [4.69, 9.17) is 0 Å². The van der Waals surface area contributed by atoms with Crippen LogP contribution in [0.3, 0.4) is 0 Å². The van der Waals surface area contributed by atoms with Crippen molar-refractivity contribution in [1.82, 2.24) is 9.88 Å². The summed E-state index contributed by atoms with van der Waals surface area (Å²) in [5.41, 5.74) is 0.425. The number of nitrogens with zero attached hydrogens (tertiary/aromatic N) is 1. The number of aryl methyl sites for hydroxylation is 2. The minimum Gasteiger partial charge on any atom is -0.503 e. The van der Waals surface area contributed by atoms with Gasteiger partial charge in [-0.2, -0.15) is 0 Å². The number of pyridine rings is 1. The molecule has 1 amide bonds. The Morgan fingerprint density at radius 1 is 1.59 bits per heavy atom. The summed E-state index contributed by atoms with van der Waals surface area (Å²) >= 11 is 0. The molecule has 1 heterocycles. The van der Waals surface area contributed by atoms with Crippen LogP contribution in [0.15, 0.2) is 17.1 Å². The number of aromatic nitrogens is 1. The Morgan fingerprint density at radius 3 is 2.82 bits per heavy atom. The summed E-state index contributed by atoms with van der Waals surface area (Å²) in [7, 11) is 3.37. The summed E-state index contributed by atoms with van der Waals surface area (Å²) in [5, 5.41) is 11.8. The molecule has 94 valence electrons. The Morgan fingerprint density at radius 2 is 2.24 bits per heavy atom. The van der Waals surface area contributed by atoms with Gasteiger partial charge in [0.05, 0.1) is 0 Å². The largest absolute Gasteiger partial charge is 0.503 e. The first-order valence-corrected chi connectivity index (χ1v) is 5.55. The van der Waals surface area contributed by atoms with Crippen LogP contribution in [0.2, 0.25) is 0 Å². The molecule has 0 saturated heterocycles. The van der Waals surface area contributed by atoms with E-state index < -0.39 is 0 Å². The monoisotopic (exact) mass is 238 g/mol. The Bertz CT molecular complexity index is 465. The Labute approximate surface area is 100 Å². The van der Waals surface area contributed by atoms with Crippen molar-refractivity contribution in [3.05, 3.63) is 28.2 Å². The van der Waals surface area contributed by atoms with Crippen LogP contribution < -0.4 is 10.7 Å². The van der Waals surface area contributed by atoms with Gasteiger partial charge >= 0.3 is 0 Å². The number of amides is 1. The summed E-state index contributed by atoms with van der Waals surface area (Å²) in [6.07, 6.45) is 2.68. The lowest BCUT2D eigenvalue weighted by Gasteiger charge is -2.12. The molecule has 0 aromatic carbocycles. The lowest BCUT2D eigenvalue weighted by molar-refractivity contribution is -0.124. The van der Waals surface area contributed by atoms with E-state index in [1.165, 1.54) is 12.3 Å². The molecule has 5 heteroatoms. The second kappa shape index (κ2) is 5.52. The molecule has 5 nitrogen and oxygen atoms in total. The molecule has 0 spiro atoms. The highest BCUT2D eigenvalue weighted by Gasteiger charge is 2.12. The van der Waals surface area contributed by atoms with Gasteiger partial charge in [0.2, 0.25) is 11.3 Å². The van der Waals surface area contributed by atoms with Crippen LogP contribution in [0.4, 0.5) is 0 Å². The van der Waals surface area contributed by atoms with E-state index in [0.717, 1.165) is 5.69 Å². The summed E-state index contributed by atoms with van der Waals surface area (Å²) in [6, 6.07) is 1.41. The zero-order valence-corrected chi connectivity index (χ0v) is 10.4. The minimum atomic E-state index is -0.384. The van der Waals surface area contributed by atoms with Gasteiger partial charge in [0.1, 0.15) is 0 Å². The molecule has 0 radical (unpaired) electrons. The van der Waals surface area contributed by atoms with Crippen LogP contribution in [0.5, 0.6) is 5.75 Å². The second-order valence-electron chi connectivity index (χ2n) is 4.18. The fourth-order valence-corrected chi connectivity index (χ4v) is 1.65. The lowest BCUT2D eigenvalue weighted by atomic mass is 10.0. The molecule has 0 unspecified atom stereocenters. The average molecular weight is 238 g/mol. The molecular formula is C12H18N2O3. The SMILES string of the molecule is CNC(=O)[C@H](C)CCc1cc(=O)c(O)cn1C. The van der Waals surface area contributed by atoms with Crippen LogP contribution in [0.25, 0.3) is 0 Å². The third-order valence-corrected chi connectivity index (χ3v) is 2.85. The predicted molar refractivity (Wildman–Crippen MR) is 64.9 cm³/mol. The van der Waals surface area contributed by atoms with E-state index in [1.807, 2.05) is 6.92 Å². The highest BCUT2D eigenvalue weighted by Crippen LogP contribution is 2.10. The predicted octanol–water partition coefficient (Wildman–Crippen LogP) is 0.406. The highest BCUT2D eigenvalue weighted by atomic mass is 16.3. The topological polar surface area (TPSA) is 71.3 Å². The van der Waals surface area contributed by atoms with Gasteiger partial charge in [-0.15, -0.1) is 0 Å². The summed E-state index contributed by atoms with van der Waals surface area (Å²) in [4.78, 5) is 22.6. The van der Waals surface area contributed by atoms with E-state index in [-0.39, 0.29) is 23.0 Å². The molecule has 0 fully saturated rings. The summed E-state index contributed by atoms with van der Waals surface area (Å²) in [5.74, 6) is -0.353. The standard InChI is InChI=1S/C12H18N2O3/c1-8(12(17)13-2)4-5-9-6-10(15)11(16)7-14(9)3/h6-8,16H,4-5H2,1-3H3,(H,13,17)/t8-/m1/s1. The fourth-order valence-electron chi connectivity index (χ4n) is 1.65. The van der Waals surface area contributed by atoms with Crippen molar-refractivity contribution in [3.63, 3.8) is 0 Å². The van der Waals surface area contributed by atoms with Crippen molar-refractivity contribution in [2.75, 3.05) is 7.05 Å². The summed E-state index contributed by atoms with van der Waals surface area (Å²) < 4.78 is 1.70. The number of rotatable bonds is 4. The third-order valence-electron chi connectivity index (χ3n) is 2.85. The van der Waals surface area contributed by atoms with Crippen molar-refractivity contribution >= 4 is 5.91 Å². The first-order chi connectivity index (χ1) is 7.95. The van der Waals surface area contributed by atoms with E-state index in [0.29, 0.717) is 12.8 Å². The molecule has 1 aromatic rings. The van der Waals surface area contributed by atoms with E-state index >= 15 is 0 Å². The molecule has 0 aliphatic rings. The van der Waals surface area contributed by atoms with Crippen LogP contribution in [0.1, 0.15) is 19.0 Å². The first-order valence-electron chi connectivity index (χ1n) is 5.55. The van der Waals surface area contributed by atoms with Gasteiger partial charge in [-0.1, -0.05) is 6.92 Å². The van der Waals surface area contributed by atoms with Crippen LogP contribution in [-0.4, -0.2) is 22.6 Å². The molecule has 1 aromatic heterocycles. The van der Waals surface area contributed by atoms with E-state index in [1.54, 1.807) is 18.7 Å². The van der Waals surface area contributed by atoms with Gasteiger partial charge in [-0.25, -0.2) is 0 Å². The van der Waals surface area contributed by atoms with Crippen molar-refractivity contribution in [2.24, 2.45) is 13.0 Å². The Balaban J connectivity index is 2.73. The maximum absolute atomic E-state index is 11.3. The molecular weight excluding hydrogens is 220 g/mol.